The van der Waals surface area contributed by atoms with E-state index < -0.39 is 5.54 Å². The number of thiophene rings is 1. The smallest absolute Gasteiger partial charge is 0.283 e. The third-order valence-electron chi connectivity index (χ3n) is 5.29. The molecule has 0 saturated heterocycles. The molecule has 2 aromatic carbocycles. The van der Waals surface area contributed by atoms with Crippen molar-refractivity contribution in [3.8, 4) is 22.1 Å². The topological polar surface area (TPSA) is 69.7 Å². The van der Waals surface area contributed by atoms with Crippen LogP contribution in [0.1, 0.15) is 11.1 Å². The summed E-state index contributed by atoms with van der Waals surface area (Å²) in [5, 5.41) is 1.24. The van der Waals surface area contributed by atoms with E-state index in [9.17, 15) is 0 Å². The molecule has 2 aliphatic heterocycles. The van der Waals surface area contributed by atoms with Gasteiger partial charge in [0.1, 0.15) is 12.4 Å². The maximum atomic E-state index is 6.08. The Kier molecular flexibility index (Phi) is 3.11. The lowest BCUT2D eigenvalue weighted by atomic mass is 9.82. The van der Waals surface area contributed by atoms with Gasteiger partial charge in [0.05, 0.1) is 5.56 Å². The van der Waals surface area contributed by atoms with E-state index in [1.807, 2.05) is 18.2 Å². The van der Waals surface area contributed by atoms with Gasteiger partial charge in [0.25, 0.3) is 6.02 Å². The van der Waals surface area contributed by atoms with E-state index in [0.717, 1.165) is 22.4 Å². The summed E-state index contributed by atoms with van der Waals surface area (Å²) >= 11 is 1.77. The van der Waals surface area contributed by atoms with E-state index in [1.54, 1.807) is 17.5 Å². The van der Waals surface area contributed by atoms with Gasteiger partial charge >= 0.3 is 0 Å². The molecule has 1 atom stereocenters. The molecule has 5 nitrogen and oxygen atoms in total. The molecule has 0 unspecified atom stereocenters. The molecule has 6 rings (SSSR count). The van der Waals surface area contributed by atoms with Crippen molar-refractivity contribution in [2.45, 2.75) is 5.54 Å². The van der Waals surface area contributed by atoms with Crippen molar-refractivity contribution in [2.24, 2.45) is 10.7 Å². The fourth-order valence-corrected chi connectivity index (χ4v) is 5.02. The van der Waals surface area contributed by atoms with Crippen LogP contribution in [0.4, 0.5) is 0 Å². The summed E-state index contributed by atoms with van der Waals surface area (Å²) in [4.78, 5) is 10.3. The van der Waals surface area contributed by atoms with Crippen LogP contribution in [0.25, 0.3) is 20.5 Å². The first-order valence-corrected chi connectivity index (χ1v) is 9.80. The Morgan fingerprint density at radius 1 is 1.00 bits per heavy atom. The van der Waals surface area contributed by atoms with Crippen molar-refractivity contribution in [1.29, 1.82) is 0 Å². The number of nitrogens with zero attached hydrogens (tertiary/aromatic N) is 2. The van der Waals surface area contributed by atoms with Crippen LogP contribution in [0.5, 0.6) is 11.6 Å². The van der Waals surface area contributed by atoms with Gasteiger partial charge in [-0.3, -0.25) is 0 Å². The molecule has 0 saturated carbocycles. The van der Waals surface area contributed by atoms with Gasteiger partial charge in [-0.25, -0.2) is 9.98 Å². The Balaban J connectivity index is 1.57. The number of aliphatic imine (C=N–C) groups is 1. The first-order valence-electron chi connectivity index (χ1n) is 8.98. The maximum absolute atomic E-state index is 6.08. The highest BCUT2D eigenvalue weighted by atomic mass is 32.1. The zero-order chi connectivity index (χ0) is 18.7. The Bertz CT molecular complexity index is 1250. The minimum absolute atomic E-state index is 0.190. The van der Waals surface area contributed by atoms with Crippen LogP contribution in [0, 0.1) is 0 Å². The number of rotatable bonds is 1. The van der Waals surface area contributed by atoms with Gasteiger partial charge in [-0.2, -0.15) is 0 Å². The Morgan fingerprint density at radius 2 is 1.93 bits per heavy atom. The third-order valence-corrected chi connectivity index (χ3v) is 6.45. The number of hydrogen-bond acceptors (Lipinski definition) is 6. The van der Waals surface area contributed by atoms with Crippen LogP contribution < -0.4 is 10.5 Å². The minimum atomic E-state index is -0.728. The van der Waals surface area contributed by atoms with Gasteiger partial charge in [0, 0.05) is 21.3 Å². The van der Waals surface area contributed by atoms with Crippen molar-refractivity contribution in [1.82, 2.24) is 4.98 Å². The average Bonchev–Trinajstić information content (AvgIpc) is 3.33. The monoisotopic (exact) mass is 385 g/mol. The minimum Gasteiger partial charge on any atom is -0.462 e. The molecule has 0 bridgehead atoms. The normalized spacial score (nSPS) is 19.6. The van der Waals surface area contributed by atoms with E-state index in [0.29, 0.717) is 12.5 Å². The highest BCUT2D eigenvalue weighted by Crippen LogP contribution is 2.51. The lowest BCUT2D eigenvalue weighted by Gasteiger charge is -2.32. The highest BCUT2D eigenvalue weighted by Gasteiger charge is 2.47. The van der Waals surface area contributed by atoms with Crippen LogP contribution >= 0.6 is 11.3 Å². The summed E-state index contributed by atoms with van der Waals surface area (Å²) in [6.45, 7) is 0.337. The van der Waals surface area contributed by atoms with Crippen molar-refractivity contribution in [3.05, 3.63) is 78.0 Å². The van der Waals surface area contributed by atoms with E-state index in [1.165, 1.54) is 15.0 Å². The number of benzene rings is 2. The van der Waals surface area contributed by atoms with E-state index in [4.69, 9.17) is 20.2 Å². The number of nitrogens with two attached hydrogens (primary N) is 1. The van der Waals surface area contributed by atoms with Gasteiger partial charge in [-0.05, 0) is 53.4 Å². The summed E-state index contributed by atoms with van der Waals surface area (Å²) in [6, 6.07) is 20.9. The van der Waals surface area contributed by atoms with Crippen LogP contribution in [0.3, 0.4) is 0 Å². The van der Waals surface area contributed by atoms with Gasteiger partial charge in [-0.1, -0.05) is 18.2 Å². The van der Waals surface area contributed by atoms with Crippen molar-refractivity contribution >= 4 is 27.4 Å². The molecule has 0 amide bonds. The van der Waals surface area contributed by atoms with Gasteiger partial charge < -0.3 is 15.2 Å². The molecule has 2 aliphatic rings. The van der Waals surface area contributed by atoms with Crippen molar-refractivity contribution in [2.75, 3.05) is 6.61 Å². The molecular formula is C22H15N3O2S. The number of hydrogen-bond donors (Lipinski definition) is 1. The standard InChI is InChI=1S/C22H15N3O2S/c23-21-25-22(12-26-21)15-5-3-9-24-20(15)27-17-8-7-14(10-16(17)22)19-11-13-4-1-2-6-18(13)28-19/h1-11H,12H2,(H2,23,25)/t22-/m0/s1. The Morgan fingerprint density at radius 3 is 2.79 bits per heavy atom. The second-order valence-electron chi connectivity index (χ2n) is 6.92. The average molecular weight is 385 g/mol. The summed E-state index contributed by atoms with van der Waals surface area (Å²) in [5.74, 6) is 1.28. The Hall–Kier alpha value is -3.38. The van der Waals surface area contributed by atoms with Crippen LogP contribution in [0.2, 0.25) is 0 Å². The number of amidine groups is 1. The van der Waals surface area contributed by atoms with Gasteiger partial charge in [-0.15, -0.1) is 11.3 Å². The maximum Gasteiger partial charge on any atom is 0.283 e. The van der Waals surface area contributed by atoms with E-state index >= 15 is 0 Å². The SMILES string of the molecule is NC1=N[C@]2(CO1)c1cc(-c3cc4ccccc4s3)ccc1Oc1ncccc12. The highest BCUT2D eigenvalue weighted by molar-refractivity contribution is 7.22. The van der Waals surface area contributed by atoms with E-state index in [-0.39, 0.29) is 6.02 Å². The van der Waals surface area contributed by atoms with Crippen molar-refractivity contribution in [3.63, 3.8) is 0 Å². The molecule has 1 spiro atoms. The molecule has 0 radical (unpaired) electrons. The Labute approximate surface area is 165 Å². The molecule has 4 aromatic rings. The van der Waals surface area contributed by atoms with Gasteiger partial charge in [0.15, 0.2) is 5.54 Å². The zero-order valence-electron chi connectivity index (χ0n) is 14.8. The lowest BCUT2D eigenvalue weighted by Crippen LogP contribution is -2.31. The summed E-state index contributed by atoms with van der Waals surface area (Å²) in [5.41, 5.74) is 8.14. The van der Waals surface area contributed by atoms with Crippen LogP contribution in [0.15, 0.2) is 71.9 Å². The molecular weight excluding hydrogens is 370 g/mol. The molecule has 28 heavy (non-hydrogen) atoms. The molecule has 0 aliphatic carbocycles. The number of ether oxygens (including phenoxy) is 2. The first-order chi connectivity index (χ1) is 13.7. The summed E-state index contributed by atoms with van der Waals surface area (Å²) in [7, 11) is 0. The fraction of sp³-hybridized carbons (Fsp3) is 0.0909. The third kappa shape index (κ3) is 2.12. The second-order valence-corrected chi connectivity index (χ2v) is 8.00. The molecule has 2 aromatic heterocycles. The predicted molar refractivity (Wildman–Crippen MR) is 110 cm³/mol. The van der Waals surface area contributed by atoms with Crippen LogP contribution in [-0.2, 0) is 10.3 Å². The molecule has 2 N–H and O–H groups in total. The van der Waals surface area contributed by atoms with Crippen LogP contribution in [-0.4, -0.2) is 17.6 Å². The molecule has 4 heterocycles. The number of aromatic nitrogens is 1. The predicted octanol–water partition coefficient (Wildman–Crippen LogP) is 4.66. The number of pyridine rings is 1. The quantitative estimate of drug-likeness (QED) is 0.517. The molecule has 0 fully saturated rings. The summed E-state index contributed by atoms with van der Waals surface area (Å²) in [6.07, 6.45) is 1.71. The van der Waals surface area contributed by atoms with E-state index in [2.05, 4.69) is 47.4 Å². The molecule has 6 heteroatoms. The zero-order valence-corrected chi connectivity index (χ0v) is 15.6. The second kappa shape index (κ2) is 5.56. The number of fused-ring (bicyclic) bond motifs is 5. The summed E-state index contributed by atoms with van der Waals surface area (Å²) < 4.78 is 12.9. The van der Waals surface area contributed by atoms with Gasteiger partial charge in [0.2, 0.25) is 5.88 Å². The lowest BCUT2D eigenvalue weighted by molar-refractivity contribution is 0.262. The first kappa shape index (κ1) is 15.7. The largest absolute Gasteiger partial charge is 0.462 e. The van der Waals surface area contributed by atoms with Crippen molar-refractivity contribution < 1.29 is 9.47 Å². The fourth-order valence-electron chi connectivity index (χ4n) is 3.96. The molecule has 136 valence electrons.